The summed E-state index contributed by atoms with van der Waals surface area (Å²) in [6, 6.07) is 12.3. The topological polar surface area (TPSA) is 35.8 Å². The lowest BCUT2D eigenvalue weighted by Gasteiger charge is -2.12. The zero-order valence-electron chi connectivity index (χ0n) is 10.3. The fourth-order valence-electron chi connectivity index (χ4n) is 1.84. The second kappa shape index (κ2) is 4.89. The van der Waals surface area contributed by atoms with Gasteiger partial charge in [0.1, 0.15) is 11.9 Å². The van der Waals surface area contributed by atoms with Crippen molar-refractivity contribution >= 4 is 11.4 Å². The Bertz CT molecular complexity index is 607. The highest BCUT2D eigenvalue weighted by molar-refractivity contribution is 5.67. The minimum atomic E-state index is -0.506. The molecule has 0 atom stereocenters. The van der Waals surface area contributed by atoms with E-state index in [2.05, 4.69) is 5.32 Å². The molecule has 0 unspecified atom stereocenters. The Morgan fingerprint density at radius 1 is 1.11 bits per heavy atom. The number of benzene rings is 2. The third-order valence-corrected chi connectivity index (χ3v) is 2.84. The lowest BCUT2D eigenvalue weighted by Crippen LogP contribution is -1.97. The minimum Gasteiger partial charge on any atom is -0.355 e. The number of para-hydroxylation sites is 1. The van der Waals surface area contributed by atoms with Crippen molar-refractivity contribution in [2.75, 3.05) is 5.32 Å². The van der Waals surface area contributed by atoms with Gasteiger partial charge in [-0.25, -0.2) is 4.39 Å². The van der Waals surface area contributed by atoms with E-state index in [9.17, 15) is 4.39 Å². The van der Waals surface area contributed by atoms with Crippen molar-refractivity contribution in [3.05, 3.63) is 58.9 Å². The van der Waals surface area contributed by atoms with Gasteiger partial charge in [0.15, 0.2) is 0 Å². The molecule has 2 rings (SSSR count). The monoisotopic (exact) mass is 240 g/mol. The van der Waals surface area contributed by atoms with Crippen LogP contribution in [0, 0.1) is 31.0 Å². The van der Waals surface area contributed by atoms with Gasteiger partial charge in [0.25, 0.3) is 0 Å². The lowest BCUT2D eigenvalue weighted by atomic mass is 10.1. The number of nitrogens with zero attached hydrogens (tertiary/aromatic N) is 1. The molecular weight excluding hydrogens is 227 g/mol. The van der Waals surface area contributed by atoms with Gasteiger partial charge in [-0.05, 0) is 43.2 Å². The highest BCUT2D eigenvalue weighted by atomic mass is 19.1. The SMILES string of the molecule is Cc1cccc(C)c1Nc1ccc(C#N)c(F)c1. The fraction of sp³-hybridized carbons (Fsp3) is 0.133. The summed E-state index contributed by atoms with van der Waals surface area (Å²) in [6.45, 7) is 3.99. The molecule has 0 aliphatic carbocycles. The number of hydrogen-bond acceptors (Lipinski definition) is 2. The smallest absolute Gasteiger partial charge is 0.143 e. The summed E-state index contributed by atoms with van der Waals surface area (Å²) in [6.07, 6.45) is 0. The highest BCUT2D eigenvalue weighted by Crippen LogP contribution is 2.25. The van der Waals surface area contributed by atoms with E-state index in [-0.39, 0.29) is 5.56 Å². The molecule has 0 aromatic heterocycles. The number of rotatable bonds is 2. The summed E-state index contributed by atoms with van der Waals surface area (Å²) in [5, 5.41) is 11.9. The van der Waals surface area contributed by atoms with Gasteiger partial charge >= 0.3 is 0 Å². The molecule has 2 aromatic carbocycles. The van der Waals surface area contributed by atoms with Crippen molar-refractivity contribution in [3.63, 3.8) is 0 Å². The molecule has 0 aliphatic heterocycles. The van der Waals surface area contributed by atoms with Crippen LogP contribution in [0.3, 0.4) is 0 Å². The Hall–Kier alpha value is -2.34. The van der Waals surface area contributed by atoms with Gasteiger partial charge < -0.3 is 5.32 Å². The second-order valence-electron chi connectivity index (χ2n) is 4.20. The van der Waals surface area contributed by atoms with Crippen LogP contribution >= 0.6 is 0 Å². The molecule has 0 amide bonds. The van der Waals surface area contributed by atoms with Crippen LogP contribution in [0.5, 0.6) is 0 Å². The van der Waals surface area contributed by atoms with Crippen molar-refractivity contribution < 1.29 is 4.39 Å². The molecule has 3 heteroatoms. The van der Waals surface area contributed by atoms with E-state index in [1.807, 2.05) is 32.0 Å². The molecule has 0 saturated carbocycles. The van der Waals surface area contributed by atoms with Gasteiger partial charge in [0.2, 0.25) is 0 Å². The van der Waals surface area contributed by atoms with Crippen LogP contribution in [-0.4, -0.2) is 0 Å². The molecular formula is C15H13FN2. The van der Waals surface area contributed by atoms with Crippen molar-refractivity contribution in [2.45, 2.75) is 13.8 Å². The molecule has 90 valence electrons. The first-order valence-corrected chi connectivity index (χ1v) is 5.64. The number of nitriles is 1. The highest BCUT2D eigenvalue weighted by Gasteiger charge is 2.05. The molecule has 2 aromatic rings. The molecule has 0 radical (unpaired) electrons. The molecule has 0 heterocycles. The summed E-state index contributed by atoms with van der Waals surface area (Å²) in [5.74, 6) is -0.506. The molecule has 0 bridgehead atoms. The first kappa shape index (κ1) is 12.1. The molecule has 0 aliphatic rings. The third-order valence-electron chi connectivity index (χ3n) is 2.84. The largest absolute Gasteiger partial charge is 0.355 e. The average Bonchev–Trinajstić information content (AvgIpc) is 2.34. The van der Waals surface area contributed by atoms with Gasteiger partial charge in [-0.3, -0.25) is 0 Å². The maximum absolute atomic E-state index is 13.5. The summed E-state index contributed by atoms with van der Waals surface area (Å²) in [4.78, 5) is 0. The zero-order chi connectivity index (χ0) is 13.1. The maximum atomic E-state index is 13.5. The van der Waals surface area contributed by atoms with Crippen LogP contribution < -0.4 is 5.32 Å². The van der Waals surface area contributed by atoms with Gasteiger partial charge in [-0.15, -0.1) is 0 Å². The lowest BCUT2D eigenvalue weighted by molar-refractivity contribution is 0.624. The summed E-state index contributed by atoms with van der Waals surface area (Å²) in [5.41, 5.74) is 3.87. The van der Waals surface area contributed by atoms with Crippen LogP contribution in [-0.2, 0) is 0 Å². The van der Waals surface area contributed by atoms with Crippen molar-refractivity contribution in [1.29, 1.82) is 5.26 Å². The molecule has 2 nitrogen and oxygen atoms in total. The number of hydrogen-bond donors (Lipinski definition) is 1. The Morgan fingerprint density at radius 3 is 2.33 bits per heavy atom. The average molecular weight is 240 g/mol. The van der Waals surface area contributed by atoms with Crippen molar-refractivity contribution in [3.8, 4) is 6.07 Å². The Labute approximate surface area is 106 Å². The second-order valence-corrected chi connectivity index (χ2v) is 4.20. The van der Waals surface area contributed by atoms with Crippen LogP contribution in [0.4, 0.5) is 15.8 Å². The fourth-order valence-corrected chi connectivity index (χ4v) is 1.84. The van der Waals surface area contributed by atoms with E-state index >= 15 is 0 Å². The number of anilines is 2. The van der Waals surface area contributed by atoms with E-state index in [4.69, 9.17) is 5.26 Å². The number of nitrogens with one attached hydrogen (secondary N) is 1. The number of aryl methyl sites for hydroxylation is 2. The molecule has 0 saturated heterocycles. The van der Waals surface area contributed by atoms with Gasteiger partial charge in [-0.1, -0.05) is 18.2 Å². The van der Waals surface area contributed by atoms with Crippen LogP contribution in [0.25, 0.3) is 0 Å². The van der Waals surface area contributed by atoms with Crippen LogP contribution in [0.15, 0.2) is 36.4 Å². The van der Waals surface area contributed by atoms with Gasteiger partial charge in [0, 0.05) is 11.4 Å². The summed E-state index contributed by atoms with van der Waals surface area (Å²) >= 11 is 0. The Kier molecular flexibility index (Phi) is 3.29. The molecule has 0 spiro atoms. The predicted octanol–water partition coefficient (Wildman–Crippen LogP) is 4.06. The van der Waals surface area contributed by atoms with E-state index in [1.165, 1.54) is 12.1 Å². The van der Waals surface area contributed by atoms with E-state index in [0.717, 1.165) is 16.8 Å². The number of halogens is 1. The van der Waals surface area contributed by atoms with Gasteiger partial charge in [-0.2, -0.15) is 5.26 Å². The Morgan fingerprint density at radius 2 is 1.78 bits per heavy atom. The summed E-state index contributed by atoms with van der Waals surface area (Å²) in [7, 11) is 0. The first-order chi connectivity index (χ1) is 8.61. The maximum Gasteiger partial charge on any atom is 0.143 e. The molecule has 0 fully saturated rings. The molecule has 18 heavy (non-hydrogen) atoms. The quantitative estimate of drug-likeness (QED) is 0.859. The van der Waals surface area contributed by atoms with E-state index < -0.39 is 5.82 Å². The summed E-state index contributed by atoms with van der Waals surface area (Å²) < 4.78 is 13.5. The molecule has 1 N–H and O–H groups in total. The minimum absolute atomic E-state index is 0.0575. The van der Waals surface area contributed by atoms with E-state index in [0.29, 0.717) is 5.69 Å². The van der Waals surface area contributed by atoms with Crippen molar-refractivity contribution in [1.82, 2.24) is 0 Å². The zero-order valence-corrected chi connectivity index (χ0v) is 10.3. The third kappa shape index (κ3) is 2.33. The van der Waals surface area contributed by atoms with Crippen LogP contribution in [0.2, 0.25) is 0 Å². The predicted molar refractivity (Wildman–Crippen MR) is 70.3 cm³/mol. The van der Waals surface area contributed by atoms with E-state index in [1.54, 1.807) is 12.1 Å². The Balaban J connectivity index is 2.35. The standard InChI is InChI=1S/C15H13FN2/c1-10-4-3-5-11(2)15(10)18-13-7-6-12(9-17)14(16)8-13/h3-8,18H,1-2H3. The normalized spacial score (nSPS) is 9.89. The van der Waals surface area contributed by atoms with Crippen LogP contribution in [0.1, 0.15) is 16.7 Å². The van der Waals surface area contributed by atoms with Gasteiger partial charge in [0.05, 0.1) is 5.56 Å². The van der Waals surface area contributed by atoms with Crippen molar-refractivity contribution in [2.24, 2.45) is 0 Å². The first-order valence-electron chi connectivity index (χ1n) is 5.64.